The van der Waals surface area contributed by atoms with E-state index in [0.717, 1.165) is 56.9 Å². The van der Waals surface area contributed by atoms with Crippen molar-refractivity contribution in [2.45, 2.75) is 44.6 Å². The number of carbonyl (C=O) groups excluding carboxylic acids is 1. The molecule has 1 amide bonds. The summed E-state index contributed by atoms with van der Waals surface area (Å²) in [6.45, 7) is 3.49. The van der Waals surface area contributed by atoms with E-state index in [2.05, 4.69) is 28.1 Å². The smallest absolute Gasteiger partial charge is 0.232 e. The van der Waals surface area contributed by atoms with Gasteiger partial charge in [0.15, 0.2) is 0 Å². The van der Waals surface area contributed by atoms with E-state index in [0.29, 0.717) is 12.0 Å². The maximum absolute atomic E-state index is 13.0. The summed E-state index contributed by atoms with van der Waals surface area (Å²) in [5.41, 5.74) is 1.81. The number of rotatable bonds is 4. The Kier molecular flexibility index (Phi) is 8.22. The first-order chi connectivity index (χ1) is 12.3. The topological polar surface area (TPSA) is 62.4 Å². The Morgan fingerprint density at radius 1 is 1.04 bits per heavy atom. The first-order valence-electron chi connectivity index (χ1n) is 9.73. The summed E-state index contributed by atoms with van der Waals surface area (Å²) in [7, 11) is 0. The fourth-order valence-corrected chi connectivity index (χ4v) is 4.67. The van der Waals surface area contributed by atoms with Crippen molar-refractivity contribution in [2.75, 3.05) is 36.9 Å². The maximum atomic E-state index is 13.0. The summed E-state index contributed by atoms with van der Waals surface area (Å²) >= 11 is 0. The van der Waals surface area contributed by atoms with E-state index in [-0.39, 0.29) is 36.1 Å². The van der Waals surface area contributed by atoms with Crippen LogP contribution in [0.1, 0.15) is 38.5 Å². The van der Waals surface area contributed by atoms with Gasteiger partial charge in [0.25, 0.3) is 0 Å². The van der Waals surface area contributed by atoms with Gasteiger partial charge in [-0.25, -0.2) is 0 Å². The molecule has 2 aliphatic heterocycles. The van der Waals surface area contributed by atoms with Crippen molar-refractivity contribution >= 4 is 42.1 Å². The lowest BCUT2D eigenvalue weighted by Gasteiger charge is -2.37. The van der Waals surface area contributed by atoms with E-state index >= 15 is 0 Å². The minimum Gasteiger partial charge on any atom is -0.382 e. The van der Waals surface area contributed by atoms with Crippen LogP contribution in [0.15, 0.2) is 24.3 Å². The molecule has 2 saturated heterocycles. The Labute approximate surface area is 174 Å². The fraction of sp³-hybridized carbons (Fsp3) is 0.650. The number of carbonyl (C=O) groups is 1. The van der Waals surface area contributed by atoms with Gasteiger partial charge in [-0.3, -0.25) is 4.79 Å². The molecule has 2 heterocycles. The number of ether oxygens (including phenoxy) is 1. The normalized spacial score (nSPS) is 27.6. The molecule has 1 saturated carbocycles. The highest BCUT2D eigenvalue weighted by Gasteiger charge is 2.49. The van der Waals surface area contributed by atoms with Crippen LogP contribution < -0.4 is 16.0 Å². The van der Waals surface area contributed by atoms with E-state index in [4.69, 9.17) is 4.74 Å². The number of amides is 1. The average Bonchev–Trinajstić information content (AvgIpc) is 3.10. The number of benzene rings is 1. The molecular formula is C20H31Cl2N3O2. The quantitative estimate of drug-likeness (QED) is 0.698. The van der Waals surface area contributed by atoms with Crippen LogP contribution in [-0.2, 0) is 9.53 Å². The van der Waals surface area contributed by atoms with Gasteiger partial charge >= 0.3 is 0 Å². The molecule has 0 unspecified atom stereocenters. The SMILES string of the molecule is Cl.Cl.O=C(Nc1ccc(NC2CCOCC2)cc1)[C@@]12CCCC[C@H]1CNC2. The number of hydrogen-bond donors (Lipinski definition) is 3. The van der Waals surface area contributed by atoms with Gasteiger partial charge in [-0.1, -0.05) is 12.8 Å². The molecule has 3 aliphatic rings. The lowest BCUT2D eigenvalue weighted by molar-refractivity contribution is -0.128. The van der Waals surface area contributed by atoms with Crippen LogP contribution in [0.5, 0.6) is 0 Å². The first kappa shape index (κ1) is 22.3. The van der Waals surface area contributed by atoms with E-state index in [1.54, 1.807) is 0 Å². The third-order valence-corrected chi connectivity index (χ3v) is 6.23. The van der Waals surface area contributed by atoms with Crippen molar-refractivity contribution in [1.82, 2.24) is 5.32 Å². The molecular weight excluding hydrogens is 385 g/mol. The highest BCUT2D eigenvalue weighted by molar-refractivity contribution is 5.96. The molecule has 5 nitrogen and oxygen atoms in total. The lowest BCUT2D eigenvalue weighted by atomic mass is 9.67. The Balaban J connectivity index is 0.00000131. The monoisotopic (exact) mass is 415 g/mol. The third-order valence-electron chi connectivity index (χ3n) is 6.23. The van der Waals surface area contributed by atoms with Crippen molar-refractivity contribution in [3.63, 3.8) is 0 Å². The number of fused-ring (bicyclic) bond motifs is 1. The van der Waals surface area contributed by atoms with Gasteiger partial charge in [0.1, 0.15) is 0 Å². The lowest BCUT2D eigenvalue weighted by Crippen LogP contribution is -2.44. The molecule has 1 aromatic rings. The molecule has 1 aliphatic carbocycles. The number of hydrogen-bond acceptors (Lipinski definition) is 4. The summed E-state index contributed by atoms with van der Waals surface area (Å²) in [5, 5.41) is 10.2. The predicted molar refractivity (Wildman–Crippen MR) is 114 cm³/mol. The summed E-state index contributed by atoms with van der Waals surface area (Å²) in [5.74, 6) is 0.697. The minimum absolute atomic E-state index is 0. The molecule has 0 bridgehead atoms. The van der Waals surface area contributed by atoms with Gasteiger partial charge in [0.05, 0.1) is 5.41 Å². The Morgan fingerprint density at radius 2 is 1.74 bits per heavy atom. The van der Waals surface area contributed by atoms with Crippen molar-refractivity contribution in [3.8, 4) is 0 Å². The van der Waals surface area contributed by atoms with Crippen molar-refractivity contribution in [2.24, 2.45) is 11.3 Å². The van der Waals surface area contributed by atoms with Gasteiger partial charge in [-0.05, 0) is 62.4 Å². The average molecular weight is 416 g/mol. The van der Waals surface area contributed by atoms with Gasteiger partial charge in [-0.2, -0.15) is 0 Å². The zero-order valence-corrected chi connectivity index (χ0v) is 17.3. The van der Waals surface area contributed by atoms with E-state index in [9.17, 15) is 4.79 Å². The van der Waals surface area contributed by atoms with Gasteiger partial charge < -0.3 is 20.7 Å². The summed E-state index contributed by atoms with van der Waals surface area (Å²) < 4.78 is 5.40. The van der Waals surface area contributed by atoms with Crippen molar-refractivity contribution in [3.05, 3.63) is 24.3 Å². The van der Waals surface area contributed by atoms with Crippen LogP contribution >= 0.6 is 24.8 Å². The summed E-state index contributed by atoms with van der Waals surface area (Å²) in [4.78, 5) is 13.0. The minimum atomic E-state index is -0.197. The van der Waals surface area contributed by atoms with Crippen molar-refractivity contribution in [1.29, 1.82) is 0 Å². The molecule has 0 aromatic heterocycles. The van der Waals surface area contributed by atoms with Crippen LogP contribution in [0.3, 0.4) is 0 Å². The van der Waals surface area contributed by atoms with Crippen LogP contribution in [0.25, 0.3) is 0 Å². The van der Waals surface area contributed by atoms with E-state index < -0.39 is 0 Å². The van der Waals surface area contributed by atoms with Crippen LogP contribution in [0, 0.1) is 11.3 Å². The molecule has 152 valence electrons. The second kappa shape index (κ2) is 9.97. The molecule has 27 heavy (non-hydrogen) atoms. The molecule has 7 heteroatoms. The Morgan fingerprint density at radius 3 is 2.48 bits per heavy atom. The number of anilines is 2. The first-order valence-corrected chi connectivity index (χ1v) is 9.73. The second-order valence-corrected chi connectivity index (χ2v) is 7.79. The summed E-state index contributed by atoms with van der Waals surface area (Å²) in [6.07, 6.45) is 6.71. The van der Waals surface area contributed by atoms with Gasteiger partial charge in [-0.15, -0.1) is 24.8 Å². The zero-order chi connectivity index (χ0) is 17.1. The predicted octanol–water partition coefficient (Wildman–Crippen LogP) is 3.84. The molecule has 2 atom stereocenters. The maximum Gasteiger partial charge on any atom is 0.232 e. The standard InChI is InChI=1S/C20H29N3O2.2ClH/c24-19(20-10-2-1-3-15(20)13-21-14-20)23-17-6-4-16(5-7-17)22-18-8-11-25-12-9-18;;/h4-7,15,18,21-22H,1-3,8-14H2,(H,23,24);2*1H/t15-,20+;;/m0../s1. The molecule has 0 radical (unpaired) electrons. The summed E-state index contributed by atoms with van der Waals surface area (Å²) in [6, 6.07) is 8.63. The highest BCUT2D eigenvalue weighted by Crippen LogP contribution is 2.44. The van der Waals surface area contributed by atoms with Gasteiger partial charge in [0, 0.05) is 37.2 Å². The number of halogens is 2. The molecule has 0 spiro atoms. The second-order valence-electron chi connectivity index (χ2n) is 7.79. The molecule has 1 aromatic carbocycles. The molecule has 4 rings (SSSR count). The van der Waals surface area contributed by atoms with Crippen LogP contribution in [0.2, 0.25) is 0 Å². The highest BCUT2D eigenvalue weighted by atomic mass is 35.5. The van der Waals surface area contributed by atoms with E-state index in [1.165, 1.54) is 19.3 Å². The van der Waals surface area contributed by atoms with Crippen LogP contribution in [0.4, 0.5) is 11.4 Å². The van der Waals surface area contributed by atoms with Gasteiger partial charge in [0.2, 0.25) is 5.91 Å². The Bertz CT molecular complexity index is 608. The van der Waals surface area contributed by atoms with Crippen molar-refractivity contribution < 1.29 is 9.53 Å². The Hall–Kier alpha value is -1.01. The molecule has 3 fully saturated rings. The third kappa shape index (κ3) is 4.89. The largest absolute Gasteiger partial charge is 0.382 e. The zero-order valence-electron chi connectivity index (χ0n) is 15.7. The molecule has 3 N–H and O–H groups in total. The number of nitrogens with one attached hydrogen (secondary N) is 3. The van der Waals surface area contributed by atoms with E-state index in [1.807, 2.05) is 12.1 Å². The van der Waals surface area contributed by atoms with Crippen LogP contribution in [-0.4, -0.2) is 38.3 Å². The fourth-order valence-electron chi connectivity index (χ4n) is 4.67.